The Kier molecular flexibility index (Phi) is 4.34. The summed E-state index contributed by atoms with van der Waals surface area (Å²) in [5.74, 6) is 0.780. The van der Waals surface area contributed by atoms with E-state index in [-0.39, 0.29) is 6.61 Å². The molecule has 3 rings (SSSR count). The van der Waals surface area contributed by atoms with Crippen LogP contribution in [0.2, 0.25) is 0 Å². The molecular formula is C18H16O2S. The third-order valence-electron chi connectivity index (χ3n) is 3.27. The molecule has 0 fully saturated rings. The van der Waals surface area contributed by atoms with Crippen molar-refractivity contribution in [3.63, 3.8) is 0 Å². The maximum Gasteiger partial charge on any atom is 0.120 e. The molecule has 0 aliphatic carbocycles. The molecule has 1 aromatic heterocycles. The molecule has 0 saturated carbocycles. The quantitative estimate of drug-likeness (QED) is 0.752. The van der Waals surface area contributed by atoms with E-state index < -0.39 is 0 Å². The third-order valence-corrected chi connectivity index (χ3v) is 3.95. The molecule has 0 atom stereocenters. The second kappa shape index (κ2) is 6.57. The van der Waals surface area contributed by atoms with Crippen LogP contribution in [0.3, 0.4) is 0 Å². The van der Waals surface area contributed by atoms with E-state index in [1.54, 1.807) is 11.3 Å². The number of aliphatic hydroxyl groups is 1. The van der Waals surface area contributed by atoms with Crippen LogP contribution in [0.5, 0.6) is 5.75 Å². The number of aliphatic hydroxyl groups excluding tert-OH is 1. The minimum Gasteiger partial charge on any atom is -0.489 e. The second-order valence-electron chi connectivity index (χ2n) is 4.81. The van der Waals surface area contributed by atoms with Gasteiger partial charge in [0.1, 0.15) is 12.4 Å². The number of hydrogen-bond donors (Lipinski definition) is 1. The first-order valence-electron chi connectivity index (χ1n) is 6.79. The van der Waals surface area contributed by atoms with Gasteiger partial charge in [0.25, 0.3) is 0 Å². The molecule has 3 aromatic rings. The molecule has 1 heterocycles. The molecule has 106 valence electrons. The highest BCUT2D eigenvalue weighted by Gasteiger charge is 2.01. The molecular weight excluding hydrogens is 280 g/mol. The maximum absolute atomic E-state index is 9.13. The minimum atomic E-state index is 0.0326. The Bertz CT molecular complexity index is 705. The van der Waals surface area contributed by atoms with Gasteiger partial charge < -0.3 is 9.84 Å². The van der Waals surface area contributed by atoms with Crippen molar-refractivity contribution < 1.29 is 9.84 Å². The highest BCUT2D eigenvalue weighted by atomic mass is 32.1. The first-order chi connectivity index (χ1) is 10.3. The van der Waals surface area contributed by atoms with Crippen LogP contribution in [-0.2, 0) is 13.2 Å². The molecule has 0 radical (unpaired) electrons. The third kappa shape index (κ3) is 3.51. The summed E-state index contributed by atoms with van der Waals surface area (Å²) in [7, 11) is 0. The van der Waals surface area contributed by atoms with E-state index in [4.69, 9.17) is 9.84 Å². The zero-order valence-corrected chi connectivity index (χ0v) is 12.3. The van der Waals surface area contributed by atoms with Crippen LogP contribution < -0.4 is 4.74 Å². The normalized spacial score (nSPS) is 10.5. The zero-order valence-electron chi connectivity index (χ0n) is 11.5. The number of thiophene rings is 1. The van der Waals surface area contributed by atoms with Crippen LogP contribution in [0.25, 0.3) is 11.1 Å². The van der Waals surface area contributed by atoms with E-state index in [0.29, 0.717) is 6.61 Å². The summed E-state index contributed by atoms with van der Waals surface area (Å²) in [6.45, 7) is 0.553. The van der Waals surface area contributed by atoms with Crippen molar-refractivity contribution in [3.8, 4) is 16.9 Å². The maximum atomic E-state index is 9.13. The lowest BCUT2D eigenvalue weighted by Gasteiger charge is -2.08. The average molecular weight is 296 g/mol. The summed E-state index contributed by atoms with van der Waals surface area (Å²) >= 11 is 1.70. The predicted molar refractivity (Wildman–Crippen MR) is 86.5 cm³/mol. The minimum absolute atomic E-state index is 0.0326. The highest BCUT2D eigenvalue weighted by molar-refractivity contribution is 7.08. The van der Waals surface area contributed by atoms with E-state index >= 15 is 0 Å². The first-order valence-corrected chi connectivity index (χ1v) is 7.73. The summed E-state index contributed by atoms with van der Waals surface area (Å²) in [5.41, 5.74) is 4.44. The molecule has 21 heavy (non-hydrogen) atoms. The molecule has 2 nitrogen and oxygen atoms in total. The van der Waals surface area contributed by atoms with Gasteiger partial charge in [-0.3, -0.25) is 0 Å². The standard InChI is InChI=1S/C18H16O2S/c19-11-14-3-2-6-18(10-14)20-12-15-4-1-5-16(9-15)17-7-8-21-13-17/h1-10,13,19H,11-12H2. The molecule has 0 unspecified atom stereocenters. The molecule has 3 heteroatoms. The van der Waals surface area contributed by atoms with E-state index in [0.717, 1.165) is 16.9 Å². The lowest BCUT2D eigenvalue weighted by molar-refractivity contribution is 0.278. The van der Waals surface area contributed by atoms with Crippen molar-refractivity contribution in [2.45, 2.75) is 13.2 Å². The van der Waals surface area contributed by atoms with Crippen molar-refractivity contribution in [3.05, 3.63) is 76.5 Å². The topological polar surface area (TPSA) is 29.5 Å². The summed E-state index contributed by atoms with van der Waals surface area (Å²) < 4.78 is 5.80. The molecule has 0 bridgehead atoms. The van der Waals surface area contributed by atoms with Gasteiger partial charge in [-0.15, -0.1) is 0 Å². The summed E-state index contributed by atoms with van der Waals surface area (Å²) in [4.78, 5) is 0. The van der Waals surface area contributed by atoms with Crippen molar-refractivity contribution in [1.29, 1.82) is 0 Å². The highest BCUT2D eigenvalue weighted by Crippen LogP contribution is 2.23. The second-order valence-corrected chi connectivity index (χ2v) is 5.59. The fourth-order valence-electron chi connectivity index (χ4n) is 2.17. The van der Waals surface area contributed by atoms with Gasteiger partial charge in [-0.25, -0.2) is 0 Å². The van der Waals surface area contributed by atoms with Crippen molar-refractivity contribution in [2.75, 3.05) is 0 Å². The smallest absolute Gasteiger partial charge is 0.120 e. The molecule has 0 aliphatic heterocycles. The Balaban J connectivity index is 1.72. The van der Waals surface area contributed by atoms with E-state index in [1.165, 1.54) is 11.1 Å². The number of benzene rings is 2. The summed E-state index contributed by atoms with van der Waals surface area (Å²) in [6, 6.07) is 18.0. The van der Waals surface area contributed by atoms with E-state index in [9.17, 15) is 0 Å². The van der Waals surface area contributed by atoms with Crippen molar-refractivity contribution in [1.82, 2.24) is 0 Å². The SMILES string of the molecule is OCc1cccc(OCc2cccc(-c3ccsc3)c2)c1. The van der Waals surface area contributed by atoms with Crippen LogP contribution in [0, 0.1) is 0 Å². The van der Waals surface area contributed by atoms with Gasteiger partial charge in [-0.2, -0.15) is 11.3 Å². The molecule has 2 aromatic carbocycles. The Morgan fingerprint density at radius 1 is 0.905 bits per heavy atom. The predicted octanol–water partition coefficient (Wildman–Crippen LogP) is 4.49. The van der Waals surface area contributed by atoms with Crippen LogP contribution in [-0.4, -0.2) is 5.11 Å². The zero-order chi connectivity index (χ0) is 14.5. The molecule has 0 amide bonds. The van der Waals surface area contributed by atoms with Gasteiger partial charge in [0.15, 0.2) is 0 Å². The Morgan fingerprint density at radius 2 is 1.76 bits per heavy atom. The van der Waals surface area contributed by atoms with Gasteiger partial charge in [-0.05, 0) is 57.3 Å². The average Bonchev–Trinajstić information content (AvgIpc) is 3.08. The number of rotatable bonds is 5. The fraction of sp³-hybridized carbons (Fsp3) is 0.111. The monoisotopic (exact) mass is 296 g/mol. The number of hydrogen-bond acceptors (Lipinski definition) is 3. The largest absolute Gasteiger partial charge is 0.489 e. The first kappa shape index (κ1) is 13.9. The van der Waals surface area contributed by atoms with Crippen LogP contribution >= 0.6 is 11.3 Å². The lowest BCUT2D eigenvalue weighted by Crippen LogP contribution is -1.96. The fourth-order valence-corrected chi connectivity index (χ4v) is 2.83. The van der Waals surface area contributed by atoms with Gasteiger partial charge in [0.05, 0.1) is 6.61 Å². The van der Waals surface area contributed by atoms with Gasteiger partial charge >= 0.3 is 0 Å². The van der Waals surface area contributed by atoms with Crippen molar-refractivity contribution >= 4 is 11.3 Å². The van der Waals surface area contributed by atoms with E-state index in [1.807, 2.05) is 24.3 Å². The summed E-state index contributed by atoms with van der Waals surface area (Å²) in [5, 5.41) is 13.4. The molecule has 1 N–H and O–H groups in total. The molecule has 0 aliphatic rings. The Morgan fingerprint density at radius 3 is 2.57 bits per heavy atom. The Labute approximate surface area is 128 Å². The molecule has 0 saturated heterocycles. The molecule has 0 spiro atoms. The lowest BCUT2D eigenvalue weighted by atomic mass is 10.1. The van der Waals surface area contributed by atoms with Gasteiger partial charge in [-0.1, -0.05) is 30.3 Å². The summed E-state index contributed by atoms with van der Waals surface area (Å²) in [6.07, 6.45) is 0. The van der Waals surface area contributed by atoms with E-state index in [2.05, 4.69) is 41.1 Å². The Hall–Kier alpha value is -2.10. The van der Waals surface area contributed by atoms with Gasteiger partial charge in [0.2, 0.25) is 0 Å². The van der Waals surface area contributed by atoms with Crippen molar-refractivity contribution in [2.24, 2.45) is 0 Å². The van der Waals surface area contributed by atoms with Gasteiger partial charge in [0, 0.05) is 0 Å². The number of ether oxygens (including phenoxy) is 1. The van der Waals surface area contributed by atoms with Crippen LogP contribution in [0.1, 0.15) is 11.1 Å². The van der Waals surface area contributed by atoms with Crippen LogP contribution in [0.4, 0.5) is 0 Å². The van der Waals surface area contributed by atoms with Crippen LogP contribution in [0.15, 0.2) is 65.4 Å².